The summed E-state index contributed by atoms with van der Waals surface area (Å²) in [6.45, 7) is 3.11. The molecule has 0 fully saturated rings. The van der Waals surface area contributed by atoms with Crippen molar-refractivity contribution in [3.8, 4) is 0 Å². The van der Waals surface area contributed by atoms with Gasteiger partial charge in [0.1, 0.15) is 5.82 Å². The van der Waals surface area contributed by atoms with Crippen LogP contribution < -0.4 is 5.32 Å². The zero-order valence-corrected chi connectivity index (χ0v) is 14.2. The molecule has 0 aliphatic rings. The first-order valence-corrected chi connectivity index (χ1v) is 8.60. The highest BCUT2D eigenvalue weighted by Crippen LogP contribution is 2.36. The SMILES string of the molecule is CNC(c1cc(Cl)c(Br)cc1F)C(C)(C)S(C)(=O)=O. The predicted octanol–water partition coefficient (Wildman–Crippen LogP) is 3.33. The van der Waals surface area contributed by atoms with Gasteiger partial charge in [-0.05, 0) is 49.0 Å². The molecule has 1 N–H and O–H groups in total. The Morgan fingerprint density at radius 1 is 1.42 bits per heavy atom. The minimum atomic E-state index is -3.39. The van der Waals surface area contributed by atoms with Gasteiger partial charge in [-0.1, -0.05) is 11.6 Å². The molecule has 0 saturated carbocycles. The van der Waals surface area contributed by atoms with E-state index in [1.165, 1.54) is 12.1 Å². The molecule has 1 rings (SSSR count). The van der Waals surface area contributed by atoms with Crippen LogP contribution in [0.4, 0.5) is 4.39 Å². The molecule has 0 amide bonds. The number of benzene rings is 1. The van der Waals surface area contributed by atoms with Crippen LogP contribution in [0, 0.1) is 5.82 Å². The fraction of sp³-hybridized carbons (Fsp3) is 0.500. The van der Waals surface area contributed by atoms with Gasteiger partial charge in [0.05, 0.1) is 15.8 Å². The number of sulfone groups is 1. The fourth-order valence-corrected chi connectivity index (χ4v) is 3.01. The molecule has 0 aromatic heterocycles. The number of hydrogen-bond donors (Lipinski definition) is 1. The van der Waals surface area contributed by atoms with Crippen LogP contribution in [0.25, 0.3) is 0 Å². The lowest BCUT2D eigenvalue weighted by atomic mass is 9.95. The molecule has 7 heteroatoms. The predicted molar refractivity (Wildman–Crippen MR) is 79.8 cm³/mol. The van der Waals surface area contributed by atoms with Gasteiger partial charge in [-0.3, -0.25) is 0 Å². The smallest absolute Gasteiger partial charge is 0.154 e. The Bertz CT molecular complexity index is 590. The molecule has 1 unspecified atom stereocenters. The van der Waals surface area contributed by atoms with Gasteiger partial charge < -0.3 is 5.32 Å². The molecule has 0 radical (unpaired) electrons. The Labute approximate surface area is 126 Å². The maximum absolute atomic E-state index is 14.1. The van der Waals surface area contributed by atoms with Crippen molar-refractivity contribution in [3.63, 3.8) is 0 Å². The molecule has 0 aliphatic heterocycles. The van der Waals surface area contributed by atoms with Crippen LogP contribution in [0.1, 0.15) is 25.5 Å². The number of halogens is 3. The van der Waals surface area contributed by atoms with E-state index in [1.807, 2.05) is 0 Å². The summed E-state index contributed by atoms with van der Waals surface area (Å²) in [7, 11) is -1.80. The summed E-state index contributed by atoms with van der Waals surface area (Å²) in [6, 6.07) is 1.98. The highest BCUT2D eigenvalue weighted by Gasteiger charge is 2.40. The molecule has 0 aliphatic carbocycles. The van der Waals surface area contributed by atoms with Crippen molar-refractivity contribution in [2.45, 2.75) is 24.6 Å². The third-order valence-corrected chi connectivity index (χ3v) is 6.63. The third-order valence-electron chi connectivity index (χ3n) is 3.29. The summed E-state index contributed by atoms with van der Waals surface area (Å²) in [4.78, 5) is 0. The quantitative estimate of drug-likeness (QED) is 0.825. The Balaban J connectivity index is 3.45. The lowest BCUT2D eigenvalue weighted by molar-refractivity contribution is 0.430. The highest BCUT2D eigenvalue weighted by molar-refractivity contribution is 9.10. The van der Waals surface area contributed by atoms with Gasteiger partial charge in [-0.2, -0.15) is 0 Å². The van der Waals surface area contributed by atoms with Crippen molar-refractivity contribution < 1.29 is 12.8 Å². The molecule has 0 spiro atoms. The minimum absolute atomic E-state index is 0.228. The van der Waals surface area contributed by atoms with Crippen LogP contribution in [-0.2, 0) is 9.84 Å². The van der Waals surface area contributed by atoms with E-state index >= 15 is 0 Å². The van der Waals surface area contributed by atoms with Gasteiger partial charge in [0.15, 0.2) is 9.84 Å². The standard InChI is InChI=1S/C12H16BrClFNO2S/c1-12(2,19(4,17)18)11(16-3)7-5-9(14)8(13)6-10(7)15/h5-6,11,16H,1-4H3. The molecular weight excluding hydrogens is 357 g/mol. The molecule has 108 valence electrons. The maximum Gasteiger partial charge on any atom is 0.154 e. The average Bonchev–Trinajstić information content (AvgIpc) is 2.24. The second-order valence-corrected chi connectivity index (χ2v) is 8.74. The first-order valence-electron chi connectivity index (χ1n) is 5.53. The molecule has 1 atom stereocenters. The highest BCUT2D eigenvalue weighted by atomic mass is 79.9. The van der Waals surface area contributed by atoms with Gasteiger partial charge in [0.25, 0.3) is 0 Å². The molecule has 1 aromatic carbocycles. The molecule has 0 saturated heterocycles. The van der Waals surface area contributed by atoms with Crippen molar-refractivity contribution in [2.75, 3.05) is 13.3 Å². The molecule has 19 heavy (non-hydrogen) atoms. The van der Waals surface area contributed by atoms with Gasteiger partial charge in [-0.25, -0.2) is 12.8 Å². The van der Waals surface area contributed by atoms with Crippen molar-refractivity contribution in [2.24, 2.45) is 0 Å². The second-order valence-electron chi connectivity index (χ2n) is 4.89. The fourth-order valence-electron chi connectivity index (χ4n) is 1.85. The van der Waals surface area contributed by atoms with Gasteiger partial charge in [0, 0.05) is 16.3 Å². The Morgan fingerprint density at radius 3 is 2.37 bits per heavy atom. The maximum atomic E-state index is 14.1. The lowest BCUT2D eigenvalue weighted by Gasteiger charge is -2.33. The van der Waals surface area contributed by atoms with E-state index in [9.17, 15) is 12.8 Å². The zero-order chi connectivity index (χ0) is 15.0. The largest absolute Gasteiger partial charge is 0.312 e. The molecular formula is C12H16BrClFNO2S. The second kappa shape index (κ2) is 5.68. The monoisotopic (exact) mass is 371 g/mol. The Hall–Kier alpha value is -0.170. The summed E-state index contributed by atoms with van der Waals surface area (Å²) in [5, 5.41) is 3.19. The number of hydrogen-bond acceptors (Lipinski definition) is 3. The van der Waals surface area contributed by atoms with Crippen LogP contribution >= 0.6 is 27.5 Å². The third kappa shape index (κ3) is 3.29. The van der Waals surface area contributed by atoms with Crippen LogP contribution in [0.3, 0.4) is 0 Å². The topological polar surface area (TPSA) is 46.2 Å². The summed E-state index contributed by atoms with van der Waals surface area (Å²) in [5.74, 6) is -0.507. The van der Waals surface area contributed by atoms with Crippen LogP contribution in [0.5, 0.6) is 0 Å². The van der Waals surface area contributed by atoms with E-state index in [0.717, 1.165) is 6.26 Å². The van der Waals surface area contributed by atoms with Crippen LogP contribution in [0.15, 0.2) is 16.6 Å². The lowest BCUT2D eigenvalue weighted by Crippen LogP contribution is -2.44. The summed E-state index contributed by atoms with van der Waals surface area (Å²) in [6.07, 6.45) is 1.13. The molecule has 1 aromatic rings. The number of rotatable bonds is 4. The first kappa shape index (κ1) is 16.9. The first-order chi connectivity index (χ1) is 8.52. The molecule has 0 bridgehead atoms. The van der Waals surface area contributed by atoms with Crippen molar-refractivity contribution in [1.82, 2.24) is 5.32 Å². The molecule has 3 nitrogen and oxygen atoms in total. The van der Waals surface area contributed by atoms with Crippen molar-refractivity contribution >= 4 is 37.4 Å². The Kier molecular flexibility index (Phi) is 5.04. The summed E-state index contributed by atoms with van der Waals surface area (Å²) in [5.41, 5.74) is 0.228. The van der Waals surface area contributed by atoms with E-state index in [1.54, 1.807) is 20.9 Å². The van der Waals surface area contributed by atoms with E-state index in [0.29, 0.717) is 9.50 Å². The zero-order valence-electron chi connectivity index (χ0n) is 11.1. The summed E-state index contributed by atoms with van der Waals surface area (Å²) >= 11 is 9.09. The van der Waals surface area contributed by atoms with E-state index in [4.69, 9.17) is 11.6 Å². The van der Waals surface area contributed by atoms with Gasteiger partial charge in [-0.15, -0.1) is 0 Å². The van der Waals surface area contributed by atoms with Crippen molar-refractivity contribution in [1.29, 1.82) is 0 Å². The molecule has 0 heterocycles. The van der Waals surface area contributed by atoms with Crippen LogP contribution in [0.2, 0.25) is 5.02 Å². The number of nitrogens with one attached hydrogen (secondary N) is 1. The average molecular weight is 373 g/mol. The van der Waals surface area contributed by atoms with Gasteiger partial charge in [0.2, 0.25) is 0 Å². The Morgan fingerprint density at radius 2 is 1.95 bits per heavy atom. The van der Waals surface area contributed by atoms with E-state index in [-0.39, 0.29) is 5.56 Å². The normalized spacial score (nSPS) is 14.5. The minimum Gasteiger partial charge on any atom is -0.312 e. The van der Waals surface area contributed by atoms with E-state index < -0.39 is 26.4 Å². The van der Waals surface area contributed by atoms with Crippen LogP contribution in [-0.4, -0.2) is 26.5 Å². The van der Waals surface area contributed by atoms with Gasteiger partial charge >= 0.3 is 0 Å². The van der Waals surface area contributed by atoms with E-state index in [2.05, 4.69) is 21.2 Å². The van der Waals surface area contributed by atoms with Crippen molar-refractivity contribution in [3.05, 3.63) is 33.0 Å². The summed E-state index contributed by atoms with van der Waals surface area (Å²) < 4.78 is 37.1.